The number of benzene rings is 2. The highest BCUT2D eigenvalue weighted by atomic mass is 32.2. The van der Waals surface area contributed by atoms with E-state index in [1.165, 1.54) is 17.3 Å². The number of amides is 1. The lowest BCUT2D eigenvalue weighted by molar-refractivity contribution is -0.130. The van der Waals surface area contributed by atoms with Gasteiger partial charge in [-0.25, -0.2) is 4.98 Å². The molecule has 34 heavy (non-hydrogen) atoms. The predicted octanol–water partition coefficient (Wildman–Crippen LogP) is 4.51. The molecule has 1 aromatic heterocycles. The lowest BCUT2D eigenvalue weighted by Gasteiger charge is -2.38. The fourth-order valence-corrected chi connectivity index (χ4v) is 6.20. The second-order valence-corrected chi connectivity index (χ2v) is 10.3. The van der Waals surface area contributed by atoms with Crippen molar-refractivity contribution >= 4 is 28.6 Å². The first-order valence-corrected chi connectivity index (χ1v) is 13.3. The highest BCUT2D eigenvalue weighted by Gasteiger charge is 2.27. The highest BCUT2D eigenvalue weighted by molar-refractivity contribution is 7.99. The molecule has 7 heteroatoms. The van der Waals surface area contributed by atoms with Gasteiger partial charge in [-0.2, -0.15) is 0 Å². The fraction of sp³-hybridized carbons (Fsp3) is 0.444. The molecule has 0 spiro atoms. The van der Waals surface area contributed by atoms with Gasteiger partial charge in [-0.1, -0.05) is 67.1 Å². The Morgan fingerprint density at radius 2 is 1.68 bits per heavy atom. The molecule has 0 radical (unpaired) electrons. The molecule has 1 saturated heterocycles. The van der Waals surface area contributed by atoms with E-state index in [-0.39, 0.29) is 17.5 Å². The summed E-state index contributed by atoms with van der Waals surface area (Å²) in [6, 6.07) is 18.6. The quantitative estimate of drug-likeness (QED) is 0.387. The minimum absolute atomic E-state index is 0.0240. The number of rotatable bonds is 6. The number of thioether (sulfide) groups is 1. The number of hydrogen-bond acceptors (Lipinski definition) is 5. The summed E-state index contributed by atoms with van der Waals surface area (Å²) in [5.41, 5.74) is 2.04. The van der Waals surface area contributed by atoms with Gasteiger partial charge in [0.25, 0.3) is 5.56 Å². The van der Waals surface area contributed by atoms with Gasteiger partial charge >= 0.3 is 0 Å². The molecule has 1 aliphatic heterocycles. The maximum atomic E-state index is 13.3. The zero-order chi connectivity index (χ0) is 23.5. The van der Waals surface area contributed by atoms with Crippen LogP contribution >= 0.6 is 11.8 Å². The Bertz CT molecular complexity index is 1200. The number of fused-ring (bicyclic) bond motifs is 1. The van der Waals surface area contributed by atoms with E-state index in [0.717, 1.165) is 51.9 Å². The molecular weight excluding hydrogens is 444 g/mol. The van der Waals surface area contributed by atoms with E-state index < -0.39 is 0 Å². The van der Waals surface area contributed by atoms with Crippen LogP contribution in [-0.2, 0) is 4.79 Å². The summed E-state index contributed by atoms with van der Waals surface area (Å²) in [6.07, 6.45) is 4.28. The molecule has 1 amide bonds. The first-order chi connectivity index (χ1) is 16.6. The topological polar surface area (TPSA) is 58.4 Å². The van der Waals surface area contributed by atoms with Gasteiger partial charge in [-0.15, -0.1) is 0 Å². The molecule has 1 unspecified atom stereocenters. The first kappa shape index (κ1) is 23.1. The second kappa shape index (κ2) is 10.3. The van der Waals surface area contributed by atoms with Crippen molar-refractivity contribution in [3.63, 3.8) is 0 Å². The average molecular weight is 477 g/mol. The number of carbonyl (C=O) groups excluding carboxylic acids is 1. The summed E-state index contributed by atoms with van der Waals surface area (Å²) in [5.74, 6) is 0.434. The van der Waals surface area contributed by atoms with Crippen molar-refractivity contribution in [2.75, 3.05) is 31.9 Å². The Labute approximate surface area is 205 Å². The van der Waals surface area contributed by atoms with E-state index in [1.54, 1.807) is 0 Å². The van der Waals surface area contributed by atoms with Crippen molar-refractivity contribution in [1.29, 1.82) is 0 Å². The lowest BCUT2D eigenvalue weighted by Crippen LogP contribution is -2.49. The molecule has 5 rings (SSSR count). The van der Waals surface area contributed by atoms with Crippen LogP contribution in [0.5, 0.6) is 0 Å². The van der Waals surface area contributed by atoms with Crippen LogP contribution < -0.4 is 5.56 Å². The van der Waals surface area contributed by atoms with Crippen molar-refractivity contribution < 1.29 is 4.79 Å². The summed E-state index contributed by atoms with van der Waals surface area (Å²) in [4.78, 5) is 35.6. The van der Waals surface area contributed by atoms with Gasteiger partial charge in [0.1, 0.15) is 0 Å². The SMILES string of the molecule is CC(c1ccccc1)N1CCN(C(=O)CSc2nc3ccccc3c(=O)n2C2CCCC2)CC1. The average Bonchev–Trinajstić information content (AvgIpc) is 3.42. The Morgan fingerprint density at radius 1 is 1.00 bits per heavy atom. The normalized spacial score (nSPS) is 18.4. The van der Waals surface area contributed by atoms with Crippen molar-refractivity contribution in [3.8, 4) is 0 Å². The van der Waals surface area contributed by atoms with E-state index >= 15 is 0 Å². The van der Waals surface area contributed by atoms with Crippen LogP contribution in [0.1, 0.15) is 50.3 Å². The number of carbonyl (C=O) groups is 1. The van der Waals surface area contributed by atoms with Gasteiger partial charge in [-0.05, 0) is 37.5 Å². The molecule has 6 nitrogen and oxygen atoms in total. The van der Waals surface area contributed by atoms with Crippen LogP contribution in [0.15, 0.2) is 64.5 Å². The maximum absolute atomic E-state index is 13.3. The molecule has 1 atom stereocenters. The standard InChI is InChI=1S/C27H32N4O2S/c1-20(21-9-3-2-4-10-21)29-15-17-30(18-16-29)25(32)19-34-27-28-24-14-8-7-13-23(24)26(33)31(27)22-11-5-6-12-22/h2-4,7-10,13-14,20,22H,5-6,11-12,15-19H2,1H3. The number of hydrogen-bond donors (Lipinski definition) is 0. The molecule has 0 bridgehead atoms. The van der Waals surface area contributed by atoms with Crippen LogP contribution in [0.25, 0.3) is 10.9 Å². The minimum atomic E-state index is 0.0240. The molecule has 2 fully saturated rings. The van der Waals surface area contributed by atoms with Crippen molar-refractivity contribution in [3.05, 3.63) is 70.5 Å². The molecule has 2 aliphatic rings. The van der Waals surface area contributed by atoms with Crippen molar-refractivity contribution in [1.82, 2.24) is 19.4 Å². The molecule has 1 saturated carbocycles. The van der Waals surface area contributed by atoms with Gasteiger partial charge < -0.3 is 4.90 Å². The number of aromatic nitrogens is 2. The third-order valence-corrected chi connectivity index (χ3v) is 8.22. The molecule has 1 aliphatic carbocycles. The van der Waals surface area contributed by atoms with E-state index in [4.69, 9.17) is 4.98 Å². The third kappa shape index (κ3) is 4.77. The number of nitrogens with zero attached hydrogens (tertiary/aromatic N) is 4. The van der Waals surface area contributed by atoms with E-state index in [0.29, 0.717) is 27.9 Å². The summed E-state index contributed by atoms with van der Waals surface area (Å²) >= 11 is 1.42. The monoisotopic (exact) mass is 476 g/mol. The Morgan fingerprint density at radius 3 is 2.41 bits per heavy atom. The zero-order valence-electron chi connectivity index (χ0n) is 19.7. The van der Waals surface area contributed by atoms with Crippen molar-refractivity contribution in [2.24, 2.45) is 0 Å². The van der Waals surface area contributed by atoms with Crippen LogP contribution in [0, 0.1) is 0 Å². The molecule has 0 N–H and O–H groups in total. The number of piperazine rings is 1. The van der Waals surface area contributed by atoms with Crippen LogP contribution in [0.4, 0.5) is 0 Å². The summed E-state index contributed by atoms with van der Waals surface area (Å²) in [7, 11) is 0. The number of para-hydroxylation sites is 1. The Balaban J connectivity index is 1.25. The first-order valence-electron chi connectivity index (χ1n) is 12.3. The van der Waals surface area contributed by atoms with Crippen LogP contribution in [0.3, 0.4) is 0 Å². The lowest BCUT2D eigenvalue weighted by atomic mass is 10.1. The molecule has 2 aromatic carbocycles. The largest absolute Gasteiger partial charge is 0.339 e. The maximum Gasteiger partial charge on any atom is 0.262 e. The van der Waals surface area contributed by atoms with E-state index in [2.05, 4.69) is 36.1 Å². The van der Waals surface area contributed by atoms with Crippen LogP contribution in [0.2, 0.25) is 0 Å². The van der Waals surface area contributed by atoms with Gasteiger partial charge in [0, 0.05) is 38.3 Å². The Hall–Kier alpha value is -2.64. The molecule has 178 valence electrons. The fourth-order valence-electron chi connectivity index (χ4n) is 5.23. The zero-order valence-corrected chi connectivity index (χ0v) is 20.5. The summed E-state index contributed by atoms with van der Waals surface area (Å²) in [6.45, 7) is 5.44. The van der Waals surface area contributed by atoms with E-state index in [9.17, 15) is 9.59 Å². The van der Waals surface area contributed by atoms with Gasteiger partial charge in [0.05, 0.1) is 16.7 Å². The summed E-state index contributed by atoms with van der Waals surface area (Å²) in [5, 5.41) is 1.34. The molecular formula is C27H32N4O2S. The highest BCUT2D eigenvalue weighted by Crippen LogP contribution is 2.32. The van der Waals surface area contributed by atoms with Crippen molar-refractivity contribution in [2.45, 2.75) is 49.8 Å². The minimum Gasteiger partial charge on any atom is -0.339 e. The third-order valence-electron chi connectivity index (χ3n) is 7.29. The van der Waals surface area contributed by atoms with Crippen LogP contribution in [-0.4, -0.2) is 57.2 Å². The smallest absolute Gasteiger partial charge is 0.262 e. The Kier molecular flexibility index (Phi) is 7.02. The molecule has 3 aromatic rings. The van der Waals surface area contributed by atoms with Gasteiger partial charge in [-0.3, -0.25) is 19.1 Å². The second-order valence-electron chi connectivity index (χ2n) is 9.32. The summed E-state index contributed by atoms with van der Waals surface area (Å²) < 4.78 is 1.87. The van der Waals surface area contributed by atoms with Gasteiger partial charge in [0.15, 0.2) is 5.16 Å². The van der Waals surface area contributed by atoms with Gasteiger partial charge in [0.2, 0.25) is 5.91 Å². The van der Waals surface area contributed by atoms with E-state index in [1.807, 2.05) is 39.8 Å². The molecule has 2 heterocycles. The predicted molar refractivity (Wildman–Crippen MR) is 137 cm³/mol.